The third-order valence-electron chi connectivity index (χ3n) is 5.47. The molecule has 0 saturated heterocycles. The minimum Gasteiger partial charge on any atom is -0.480 e. The third-order valence-corrected chi connectivity index (χ3v) is 5.47. The van der Waals surface area contributed by atoms with Gasteiger partial charge in [0.05, 0.1) is 12.0 Å². The topological polar surface area (TPSA) is 138 Å². The standard InChI is InChI=1S/C24H22N2O7/c27-11-9-20(23(29)30)25-22(28)21-19(10-12-32-21)26-24(31)33-13-18-16-7-3-1-5-14(16)15-6-2-4-8-17(15)18/h1-8,10,12,18,20,27H,9,11,13H2,(H,25,28)(H,26,31)(H,29,30)/t20-/m0/s1. The lowest BCUT2D eigenvalue weighted by Crippen LogP contribution is -2.41. The number of carboxylic acids is 1. The molecule has 0 saturated carbocycles. The van der Waals surface area contributed by atoms with Gasteiger partial charge < -0.3 is 24.7 Å². The minimum atomic E-state index is -1.30. The average Bonchev–Trinajstić information content (AvgIpc) is 3.40. The molecule has 0 aliphatic heterocycles. The zero-order valence-electron chi connectivity index (χ0n) is 17.5. The van der Waals surface area contributed by atoms with Crippen LogP contribution in [-0.4, -0.2) is 47.4 Å². The summed E-state index contributed by atoms with van der Waals surface area (Å²) in [4.78, 5) is 36.1. The van der Waals surface area contributed by atoms with Crippen molar-refractivity contribution < 1.29 is 33.8 Å². The number of carbonyl (C=O) groups is 3. The molecule has 9 heteroatoms. The summed E-state index contributed by atoms with van der Waals surface area (Å²) in [6, 6.07) is 15.9. The molecule has 4 N–H and O–H groups in total. The van der Waals surface area contributed by atoms with Gasteiger partial charge in [0.1, 0.15) is 12.6 Å². The summed E-state index contributed by atoms with van der Waals surface area (Å²) in [5, 5.41) is 22.8. The summed E-state index contributed by atoms with van der Waals surface area (Å²) in [5.74, 6) is -2.53. The van der Waals surface area contributed by atoms with E-state index in [0.717, 1.165) is 22.3 Å². The van der Waals surface area contributed by atoms with Gasteiger partial charge in [0.15, 0.2) is 0 Å². The van der Waals surface area contributed by atoms with Crippen LogP contribution in [0.15, 0.2) is 65.3 Å². The number of fused-ring (bicyclic) bond motifs is 3. The number of amides is 2. The molecule has 0 radical (unpaired) electrons. The molecule has 0 fully saturated rings. The first-order chi connectivity index (χ1) is 16.0. The molecule has 1 atom stereocenters. The normalized spacial score (nSPS) is 13.0. The van der Waals surface area contributed by atoms with E-state index in [0.29, 0.717) is 0 Å². The van der Waals surface area contributed by atoms with Crippen molar-refractivity contribution in [2.24, 2.45) is 0 Å². The number of carbonyl (C=O) groups excluding carboxylic acids is 2. The Morgan fingerprint density at radius 1 is 1.00 bits per heavy atom. The highest BCUT2D eigenvalue weighted by atomic mass is 16.5. The van der Waals surface area contributed by atoms with E-state index in [4.69, 9.17) is 19.4 Å². The first-order valence-electron chi connectivity index (χ1n) is 10.3. The molecule has 33 heavy (non-hydrogen) atoms. The summed E-state index contributed by atoms with van der Waals surface area (Å²) in [7, 11) is 0. The van der Waals surface area contributed by atoms with Crippen molar-refractivity contribution in [3.63, 3.8) is 0 Å². The van der Waals surface area contributed by atoms with Crippen molar-refractivity contribution in [3.05, 3.63) is 77.7 Å². The molecule has 0 spiro atoms. The number of hydrogen-bond donors (Lipinski definition) is 4. The molecular weight excluding hydrogens is 428 g/mol. The van der Waals surface area contributed by atoms with Crippen molar-refractivity contribution in [2.45, 2.75) is 18.4 Å². The predicted molar refractivity (Wildman–Crippen MR) is 118 cm³/mol. The lowest BCUT2D eigenvalue weighted by molar-refractivity contribution is -0.139. The van der Waals surface area contributed by atoms with Crippen LogP contribution in [0.3, 0.4) is 0 Å². The lowest BCUT2D eigenvalue weighted by atomic mass is 9.98. The molecular formula is C24H22N2O7. The van der Waals surface area contributed by atoms with Crippen LogP contribution < -0.4 is 10.6 Å². The highest BCUT2D eigenvalue weighted by Crippen LogP contribution is 2.44. The second-order valence-electron chi connectivity index (χ2n) is 7.49. The number of aliphatic hydroxyl groups excluding tert-OH is 1. The Bertz CT molecular complexity index is 1140. The number of carboxylic acid groups (broad SMARTS) is 1. The van der Waals surface area contributed by atoms with E-state index < -0.39 is 30.6 Å². The number of anilines is 1. The molecule has 1 aliphatic carbocycles. The summed E-state index contributed by atoms with van der Waals surface area (Å²) >= 11 is 0. The van der Waals surface area contributed by atoms with Crippen LogP contribution in [0.5, 0.6) is 0 Å². The molecule has 3 aromatic rings. The first kappa shape index (κ1) is 22.1. The number of nitrogens with one attached hydrogen (secondary N) is 2. The number of benzene rings is 2. The van der Waals surface area contributed by atoms with Crippen LogP contribution in [0.2, 0.25) is 0 Å². The molecule has 2 amide bonds. The van der Waals surface area contributed by atoms with Gasteiger partial charge >= 0.3 is 12.1 Å². The molecule has 1 aliphatic rings. The zero-order chi connectivity index (χ0) is 23.4. The van der Waals surface area contributed by atoms with Gasteiger partial charge in [-0.3, -0.25) is 10.1 Å². The zero-order valence-corrected chi connectivity index (χ0v) is 17.5. The van der Waals surface area contributed by atoms with E-state index in [1.165, 1.54) is 12.3 Å². The Morgan fingerprint density at radius 3 is 2.24 bits per heavy atom. The number of aliphatic carboxylic acids is 1. The molecule has 9 nitrogen and oxygen atoms in total. The van der Waals surface area contributed by atoms with Crippen LogP contribution in [0.25, 0.3) is 11.1 Å². The summed E-state index contributed by atoms with van der Waals surface area (Å²) in [5.41, 5.74) is 4.38. The molecule has 0 unspecified atom stereocenters. The molecule has 2 aromatic carbocycles. The summed E-state index contributed by atoms with van der Waals surface area (Å²) in [6.07, 6.45) is 0.240. The van der Waals surface area contributed by atoms with E-state index in [9.17, 15) is 14.4 Å². The predicted octanol–water partition coefficient (Wildman–Crippen LogP) is 3.21. The highest BCUT2D eigenvalue weighted by Gasteiger charge is 2.29. The van der Waals surface area contributed by atoms with E-state index in [1.54, 1.807) is 0 Å². The Kier molecular flexibility index (Phi) is 6.41. The lowest BCUT2D eigenvalue weighted by Gasteiger charge is -2.15. The Labute approximate surface area is 189 Å². The van der Waals surface area contributed by atoms with Crippen LogP contribution in [0.4, 0.5) is 10.5 Å². The van der Waals surface area contributed by atoms with Crippen molar-refractivity contribution in [1.82, 2.24) is 5.32 Å². The average molecular weight is 450 g/mol. The van der Waals surface area contributed by atoms with Gasteiger partial charge in [0.25, 0.3) is 5.91 Å². The fraction of sp³-hybridized carbons (Fsp3) is 0.208. The van der Waals surface area contributed by atoms with Crippen molar-refractivity contribution in [3.8, 4) is 11.1 Å². The van der Waals surface area contributed by atoms with E-state index in [-0.39, 0.29) is 30.4 Å². The fourth-order valence-corrected chi connectivity index (χ4v) is 3.94. The van der Waals surface area contributed by atoms with Crippen LogP contribution in [0, 0.1) is 0 Å². The SMILES string of the molecule is O=C(Nc1ccoc1C(=O)N[C@@H](CCO)C(=O)O)OCC1c2ccccc2-c2ccccc21. The minimum absolute atomic E-state index is 0.0397. The van der Waals surface area contributed by atoms with Crippen molar-refractivity contribution in [1.29, 1.82) is 0 Å². The Morgan fingerprint density at radius 2 is 1.64 bits per heavy atom. The van der Waals surface area contributed by atoms with E-state index >= 15 is 0 Å². The van der Waals surface area contributed by atoms with Gasteiger partial charge in [-0.15, -0.1) is 0 Å². The third kappa shape index (κ3) is 4.58. The summed E-state index contributed by atoms with van der Waals surface area (Å²) < 4.78 is 10.6. The number of aliphatic hydroxyl groups is 1. The van der Waals surface area contributed by atoms with Crippen molar-refractivity contribution in [2.75, 3.05) is 18.5 Å². The molecule has 1 heterocycles. The van der Waals surface area contributed by atoms with Crippen LogP contribution in [-0.2, 0) is 9.53 Å². The quantitative estimate of drug-likeness (QED) is 0.413. The Balaban J connectivity index is 1.41. The van der Waals surface area contributed by atoms with Gasteiger partial charge in [0, 0.05) is 25.0 Å². The second-order valence-corrected chi connectivity index (χ2v) is 7.49. The smallest absolute Gasteiger partial charge is 0.411 e. The largest absolute Gasteiger partial charge is 0.480 e. The van der Waals surface area contributed by atoms with Crippen molar-refractivity contribution >= 4 is 23.7 Å². The Hall–Kier alpha value is -4.11. The van der Waals surface area contributed by atoms with Crippen LogP contribution in [0.1, 0.15) is 34.0 Å². The van der Waals surface area contributed by atoms with Crippen LogP contribution >= 0.6 is 0 Å². The number of ether oxygens (including phenoxy) is 1. The highest BCUT2D eigenvalue weighted by molar-refractivity contribution is 6.01. The van der Waals surface area contributed by atoms with Gasteiger partial charge in [-0.2, -0.15) is 0 Å². The summed E-state index contributed by atoms with van der Waals surface area (Å²) in [6.45, 7) is -0.322. The number of hydrogen-bond acceptors (Lipinski definition) is 6. The second kappa shape index (κ2) is 9.58. The fourth-order valence-electron chi connectivity index (χ4n) is 3.94. The maximum absolute atomic E-state index is 12.5. The van der Waals surface area contributed by atoms with Gasteiger partial charge in [-0.05, 0) is 22.3 Å². The van der Waals surface area contributed by atoms with Gasteiger partial charge in [-0.25, -0.2) is 9.59 Å². The first-order valence-corrected chi connectivity index (χ1v) is 10.3. The number of furan rings is 1. The number of rotatable bonds is 8. The van der Waals surface area contributed by atoms with Gasteiger partial charge in [-0.1, -0.05) is 48.5 Å². The monoisotopic (exact) mass is 450 g/mol. The molecule has 0 bridgehead atoms. The maximum Gasteiger partial charge on any atom is 0.411 e. The molecule has 4 rings (SSSR count). The molecule has 170 valence electrons. The van der Waals surface area contributed by atoms with E-state index in [2.05, 4.69) is 10.6 Å². The maximum atomic E-state index is 12.5. The molecule has 1 aromatic heterocycles. The van der Waals surface area contributed by atoms with Gasteiger partial charge in [0.2, 0.25) is 5.76 Å². The van der Waals surface area contributed by atoms with E-state index in [1.807, 2.05) is 48.5 Å².